The predicted octanol–water partition coefficient (Wildman–Crippen LogP) is 3.15. The molecule has 128 valence electrons. The second-order valence-electron chi connectivity index (χ2n) is 6.51. The molecular formula is C19H23NO4. The Hall–Kier alpha value is -2.56. The Balaban J connectivity index is 2.14. The van der Waals surface area contributed by atoms with Gasteiger partial charge in [0.05, 0.1) is 13.5 Å². The van der Waals surface area contributed by atoms with Crippen LogP contribution in [0, 0.1) is 0 Å². The van der Waals surface area contributed by atoms with E-state index in [1.54, 1.807) is 7.11 Å². The number of ether oxygens (including phenoxy) is 1. The zero-order valence-corrected chi connectivity index (χ0v) is 14.3. The van der Waals surface area contributed by atoms with E-state index in [1.807, 2.05) is 50.2 Å². The number of rotatable bonds is 7. The maximum absolute atomic E-state index is 12.4. The first kappa shape index (κ1) is 17.8. The summed E-state index contributed by atoms with van der Waals surface area (Å²) in [5.74, 6) is -0.240. The normalized spacial score (nSPS) is 11.3. The van der Waals surface area contributed by atoms with Gasteiger partial charge in [-0.05, 0) is 48.7 Å². The summed E-state index contributed by atoms with van der Waals surface area (Å²) in [7, 11) is 1.61. The van der Waals surface area contributed by atoms with Crippen molar-refractivity contribution in [3.8, 4) is 5.75 Å². The number of carboxylic acids is 1. The zero-order valence-electron chi connectivity index (χ0n) is 14.3. The highest BCUT2D eigenvalue weighted by molar-refractivity contribution is 5.91. The Morgan fingerprint density at radius 3 is 2.62 bits per heavy atom. The topological polar surface area (TPSA) is 75.6 Å². The van der Waals surface area contributed by atoms with Gasteiger partial charge in [0.25, 0.3) is 0 Å². The summed E-state index contributed by atoms with van der Waals surface area (Å²) in [5, 5.41) is 13.7. The molecule has 2 N–H and O–H groups in total. The van der Waals surface area contributed by atoms with Gasteiger partial charge in [0.15, 0.2) is 0 Å². The van der Waals surface area contributed by atoms with E-state index in [2.05, 4.69) is 5.32 Å². The number of carboxylic acid groups (broad SMARTS) is 1. The fraction of sp³-hybridized carbons (Fsp3) is 0.368. The molecule has 0 spiro atoms. The second-order valence-corrected chi connectivity index (χ2v) is 6.51. The van der Waals surface area contributed by atoms with E-state index in [1.165, 1.54) is 0 Å². The summed E-state index contributed by atoms with van der Waals surface area (Å²) in [6, 6.07) is 11.6. The fourth-order valence-electron chi connectivity index (χ4n) is 2.67. The first-order valence-electron chi connectivity index (χ1n) is 7.89. The minimum Gasteiger partial charge on any atom is -0.497 e. The average molecular weight is 329 g/mol. The zero-order chi connectivity index (χ0) is 17.7. The molecule has 0 unspecified atom stereocenters. The smallest absolute Gasteiger partial charge is 0.303 e. The van der Waals surface area contributed by atoms with Crippen molar-refractivity contribution in [3.63, 3.8) is 0 Å². The lowest BCUT2D eigenvalue weighted by Crippen LogP contribution is -2.44. The standard InChI is InChI=1S/C19H23NO4/c1-19(2,10-9-18(22)23)20-17(21)11-14-6-4-5-13-7-8-15(24-3)12-16(13)14/h4-8,12H,9-11H2,1-3H3,(H,20,21)(H,22,23). The van der Waals surface area contributed by atoms with E-state index in [9.17, 15) is 9.59 Å². The number of fused-ring (bicyclic) bond motifs is 1. The largest absolute Gasteiger partial charge is 0.497 e. The Kier molecular flexibility index (Phi) is 5.44. The second kappa shape index (κ2) is 7.34. The van der Waals surface area contributed by atoms with E-state index in [0.29, 0.717) is 6.42 Å². The third-order valence-electron chi connectivity index (χ3n) is 3.97. The maximum Gasteiger partial charge on any atom is 0.303 e. The van der Waals surface area contributed by atoms with Gasteiger partial charge in [-0.25, -0.2) is 0 Å². The molecule has 0 heterocycles. The highest BCUT2D eigenvalue weighted by Crippen LogP contribution is 2.24. The quantitative estimate of drug-likeness (QED) is 0.818. The van der Waals surface area contributed by atoms with Gasteiger partial charge in [-0.3, -0.25) is 9.59 Å². The first-order valence-corrected chi connectivity index (χ1v) is 7.89. The molecule has 0 fully saturated rings. The van der Waals surface area contributed by atoms with Crippen LogP contribution in [0.4, 0.5) is 0 Å². The number of carbonyl (C=O) groups excluding carboxylic acids is 1. The van der Waals surface area contributed by atoms with Gasteiger partial charge in [0, 0.05) is 12.0 Å². The average Bonchev–Trinajstić information content (AvgIpc) is 2.52. The fourth-order valence-corrected chi connectivity index (χ4v) is 2.67. The number of nitrogens with one attached hydrogen (secondary N) is 1. The Bertz CT molecular complexity index is 752. The molecule has 0 saturated heterocycles. The lowest BCUT2D eigenvalue weighted by atomic mass is 9.97. The molecule has 2 aromatic rings. The minimum absolute atomic E-state index is 0.0265. The van der Waals surface area contributed by atoms with Crippen LogP contribution in [0.15, 0.2) is 36.4 Å². The van der Waals surface area contributed by atoms with Gasteiger partial charge in [-0.1, -0.05) is 24.3 Å². The molecule has 0 saturated carbocycles. The number of hydrogen-bond acceptors (Lipinski definition) is 3. The molecule has 24 heavy (non-hydrogen) atoms. The molecule has 0 aliphatic heterocycles. The molecule has 0 atom stereocenters. The van der Waals surface area contributed by atoms with Gasteiger partial charge in [-0.2, -0.15) is 0 Å². The van der Waals surface area contributed by atoms with Gasteiger partial charge < -0.3 is 15.2 Å². The van der Waals surface area contributed by atoms with Gasteiger partial charge in [-0.15, -0.1) is 0 Å². The van der Waals surface area contributed by atoms with Crippen molar-refractivity contribution in [2.75, 3.05) is 7.11 Å². The van der Waals surface area contributed by atoms with Gasteiger partial charge in [0.1, 0.15) is 5.75 Å². The van der Waals surface area contributed by atoms with Crippen LogP contribution in [0.3, 0.4) is 0 Å². The number of amides is 1. The minimum atomic E-state index is -0.863. The molecule has 0 radical (unpaired) electrons. The van der Waals surface area contributed by atoms with Crippen LogP contribution < -0.4 is 10.1 Å². The van der Waals surface area contributed by atoms with Crippen molar-refractivity contribution < 1.29 is 19.4 Å². The van der Waals surface area contributed by atoms with E-state index in [4.69, 9.17) is 9.84 Å². The van der Waals surface area contributed by atoms with E-state index in [-0.39, 0.29) is 18.7 Å². The third kappa shape index (κ3) is 4.72. The number of carbonyl (C=O) groups is 2. The predicted molar refractivity (Wildman–Crippen MR) is 93.3 cm³/mol. The molecule has 0 aliphatic rings. The van der Waals surface area contributed by atoms with Crippen LogP contribution in [0.1, 0.15) is 32.3 Å². The summed E-state index contributed by atoms with van der Waals surface area (Å²) >= 11 is 0. The first-order chi connectivity index (χ1) is 11.3. The SMILES string of the molecule is COc1ccc2cccc(CC(=O)NC(C)(C)CCC(=O)O)c2c1. The number of aliphatic carboxylic acids is 1. The maximum atomic E-state index is 12.4. The Labute approximate surface area is 141 Å². The summed E-state index contributed by atoms with van der Waals surface area (Å²) in [6.07, 6.45) is 0.650. The Morgan fingerprint density at radius 2 is 1.96 bits per heavy atom. The van der Waals surface area contributed by atoms with E-state index < -0.39 is 11.5 Å². The van der Waals surface area contributed by atoms with Crippen molar-refractivity contribution >= 4 is 22.6 Å². The van der Waals surface area contributed by atoms with Crippen LogP contribution in [0.25, 0.3) is 10.8 Å². The summed E-state index contributed by atoms with van der Waals surface area (Å²) in [6.45, 7) is 3.67. The molecule has 2 rings (SSSR count). The molecule has 0 aliphatic carbocycles. The molecule has 0 bridgehead atoms. The number of hydrogen-bond donors (Lipinski definition) is 2. The van der Waals surface area contributed by atoms with Crippen LogP contribution in [-0.4, -0.2) is 29.6 Å². The molecule has 5 nitrogen and oxygen atoms in total. The van der Waals surface area contributed by atoms with Crippen molar-refractivity contribution in [1.82, 2.24) is 5.32 Å². The summed E-state index contributed by atoms with van der Waals surface area (Å²) in [5.41, 5.74) is 0.357. The van der Waals surface area contributed by atoms with Crippen LogP contribution >= 0.6 is 0 Å². The van der Waals surface area contributed by atoms with Gasteiger partial charge in [0.2, 0.25) is 5.91 Å². The summed E-state index contributed by atoms with van der Waals surface area (Å²) in [4.78, 5) is 23.1. The highest BCUT2D eigenvalue weighted by atomic mass is 16.5. The van der Waals surface area contributed by atoms with E-state index >= 15 is 0 Å². The number of benzene rings is 2. The third-order valence-corrected chi connectivity index (χ3v) is 3.97. The van der Waals surface area contributed by atoms with Crippen molar-refractivity contribution in [2.45, 2.75) is 38.6 Å². The molecule has 2 aromatic carbocycles. The molecular weight excluding hydrogens is 306 g/mol. The van der Waals surface area contributed by atoms with Crippen LogP contribution in [0.2, 0.25) is 0 Å². The highest BCUT2D eigenvalue weighted by Gasteiger charge is 2.21. The van der Waals surface area contributed by atoms with Crippen molar-refractivity contribution in [3.05, 3.63) is 42.0 Å². The van der Waals surface area contributed by atoms with E-state index in [0.717, 1.165) is 22.1 Å². The Morgan fingerprint density at radius 1 is 1.21 bits per heavy atom. The van der Waals surface area contributed by atoms with Crippen LogP contribution in [0.5, 0.6) is 5.75 Å². The lowest BCUT2D eigenvalue weighted by molar-refractivity contribution is -0.137. The van der Waals surface area contributed by atoms with Crippen molar-refractivity contribution in [2.24, 2.45) is 0 Å². The summed E-state index contributed by atoms with van der Waals surface area (Å²) < 4.78 is 5.26. The lowest BCUT2D eigenvalue weighted by Gasteiger charge is -2.25. The molecule has 0 aromatic heterocycles. The monoisotopic (exact) mass is 329 g/mol. The number of methoxy groups -OCH3 is 1. The van der Waals surface area contributed by atoms with Gasteiger partial charge >= 0.3 is 5.97 Å². The van der Waals surface area contributed by atoms with Crippen LogP contribution in [-0.2, 0) is 16.0 Å². The molecule has 1 amide bonds. The molecule has 5 heteroatoms. The van der Waals surface area contributed by atoms with Crippen molar-refractivity contribution in [1.29, 1.82) is 0 Å².